The van der Waals surface area contributed by atoms with E-state index in [1.54, 1.807) is 0 Å². The Hall–Kier alpha value is -2.41. The topological polar surface area (TPSA) is 95.9 Å². The molecule has 2 rings (SSSR count). The quantitative estimate of drug-likeness (QED) is 0.409. The lowest BCUT2D eigenvalue weighted by Crippen LogP contribution is -2.54. The predicted molar refractivity (Wildman–Crippen MR) is 127 cm³/mol. The molecule has 1 fully saturated rings. The van der Waals surface area contributed by atoms with Crippen LogP contribution in [0, 0.1) is 11.8 Å². The van der Waals surface area contributed by atoms with E-state index in [1.165, 1.54) is 0 Å². The molecule has 0 aliphatic carbocycles. The number of ether oxygens (including phenoxy) is 1. The highest BCUT2D eigenvalue weighted by Gasteiger charge is 2.36. The zero-order chi connectivity index (χ0) is 24.2. The summed E-state index contributed by atoms with van der Waals surface area (Å²) in [6.45, 7) is 7.48. The van der Waals surface area contributed by atoms with Crippen LogP contribution in [-0.4, -0.2) is 53.0 Å². The van der Waals surface area contributed by atoms with Crippen molar-refractivity contribution < 1.29 is 24.2 Å². The Balaban J connectivity index is 1.98. The number of benzene rings is 1. The summed E-state index contributed by atoms with van der Waals surface area (Å²) in [5, 5.41) is 12.1. The maximum atomic E-state index is 13.4. The Labute approximate surface area is 197 Å². The van der Waals surface area contributed by atoms with Gasteiger partial charge in [0.05, 0.1) is 25.7 Å². The molecule has 7 heteroatoms. The van der Waals surface area contributed by atoms with Gasteiger partial charge in [-0.1, -0.05) is 70.4 Å². The molecule has 0 bridgehead atoms. The summed E-state index contributed by atoms with van der Waals surface area (Å²) < 4.78 is 5.90. The lowest BCUT2D eigenvalue weighted by atomic mass is 9.95. The molecule has 0 radical (unpaired) electrons. The highest BCUT2D eigenvalue weighted by molar-refractivity contribution is 5.90. The first-order valence-electron chi connectivity index (χ1n) is 12.3. The van der Waals surface area contributed by atoms with Crippen molar-refractivity contribution >= 4 is 17.8 Å². The molecule has 1 aliphatic rings. The van der Waals surface area contributed by atoms with Crippen LogP contribution in [0.5, 0.6) is 0 Å². The molecule has 2 N–H and O–H groups in total. The van der Waals surface area contributed by atoms with E-state index in [1.807, 2.05) is 49.1 Å². The van der Waals surface area contributed by atoms with Crippen LogP contribution in [0.2, 0.25) is 0 Å². The average molecular weight is 461 g/mol. The number of carbonyl (C=O) groups excluding carboxylic acids is 2. The van der Waals surface area contributed by atoms with Gasteiger partial charge in [0, 0.05) is 12.5 Å². The third kappa shape index (κ3) is 8.80. The van der Waals surface area contributed by atoms with Crippen molar-refractivity contribution in [2.45, 2.75) is 84.4 Å². The van der Waals surface area contributed by atoms with E-state index < -0.39 is 17.9 Å². The number of nitrogens with zero attached hydrogens (tertiary/aromatic N) is 1. The van der Waals surface area contributed by atoms with Gasteiger partial charge >= 0.3 is 5.97 Å². The summed E-state index contributed by atoms with van der Waals surface area (Å²) in [5.41, 5.74) is 1.09. The van der Waals surface area contributed by atoms with Crippen molar-refractivity contribution in [1.82, 2.24) is 10.2 Å². The standard InChI is InChI=1S/C26H40N2O5/c1-4-5-7-13-21(16-23(29)30)25(31)27-24(19(2)3)26(32)28-15-10-14-22(28)18-33-17-20-11-8-6-9-12-20/h6,8-9,11-12,19,21-22,24H,4-5,7,10,13-18H2,1-3H3,(H,27,31)(H,29,30). The molecule has 33 heavy (non-hydrogen) atoms. The number of unbranched alkanes of at least 4 members (excludes halogenated alkanes) is 2. The van der Waals surface area contributed by atoms with Crippen molar-refractivity contribution in [3.8, 4) is 0 Å². The average Bonchev–Trinajstić information content (AvgIpc) is 3.25. The Morgan fingerprint density at radius 3 is 2.55 bits per heavy atom. The van der Waals surface area contributed by atoms with Crippen LogP contribution in [0.3, 0.4) is 0 Å². The number of aliphatic carboxylic acids is 1. The lowest BCUT2D eigenvalue weighted by molar-refractivity contribution is -0.143. The van der Waals surface area contributed by atoms with Gasteiger partial charge in [-0.25, -0.2) is 0 Å². The number of carboxylic acid groups (broad SMARTS) is 1. The number of rotatable bonds is 14. The van der Waals surface area contributed by atoms with Crippen LogP contribution >= 0.6 is 0 Å². The molecular formula is C26H40N2O5. The van der Waals surface area contributed by atoms with E-state index in [2.05, 4.69) is 12.2 Å². The molecule has 3 unspecified atom stereocenters. The van der Waals surface area contributed by atoms with Crippen LogP contribution in [0.15, 0.2) is 30.3 Å². The van der Waals surface area contributed by atoms with Gasteiger partial charge < -0.3 is 20.1 Å². The minimum Gasteiger partial charge on any atom is -0.481 e. The molecule has 1 aromatic carbocycles. The van der Waals surface area contributed by atoms with E-state index in [0.717, 1.165) is 37.7 Å². The molecular weight excluding hydrogens is 420 g/mol. The number of nitrogens with one attached hydrogen (secondary N) is 1. The molecule has 184 valence electrons. The number of amides is 2. The van der Waals surface area contributed by atoms with Gasteiger partial charge in [-0.05, 0) is 30.7 Å². The van der Waals surface area contributed by atoms with Crippen molar-refractivity contribution in [1.29, 1.82) is 0 Å². The van der Waals surface area contributed by atoms with E-state index >= 15 is 0 Å². The Kier molecular flexibility index (Phi) is 11.4. The summed E-state index contributed by atoms with van der Waals surface area (Å²) in [6, 6.07) is 9.24. The highest BCUT2D eigenvalue weighted by atomic mass is 16.5. The molecule has 1 aliphatic heterocycles. The highest BCUT2D eigenvalue weighted by Crippen LogP contribution is 2.22. The van der Waals surface area contributed by atoms with E-state index in [-0.39, 0.29) is 30.2 Å². The first-order chi connectivity index (χ1) is 15.8. The summed E-state index contributed by atoms with van der Waals surface area (Å²) in [5.74, 6) is -2.15. The molecule has 0 aromatic heterocycles. The molecule has 2 amide bonds. The lowest BCUT2D eigenvalue weighted by Gasteiger charge is -2.32. The van der Waals surface area contributed by atoms with Crippen LogP contribution < -0.4 is 5.32 Å². The third-order valence-electron chi connectivity index (χ3n) is 6.26. The van der Waals surface area contributed by atoms with Gasteiger partial charge in [-0.2, -0.15) is 0 Å². The van der Waals surface area contributed by atoms with Crippen molar-refractivity contribution in [2.75, 3.05) is 13.2 Å². The third-order valence-corrected chi connectivity index (χ3v) is 6.26. The minimum atomic E-state index is -0.991. The minimum absolute atomic E-state index is 0.0151. The SMILES string of the molecule is CCCCCC(CC(=O)O)C(=O)NC(C(=O)N1CCCC1COCc1ccccc1)C(C)C. The monoisotopic (exact) mass is 460 g/mol. The van der Waals surface area contributed by atoms with Gasteiger partial charge in [0.15, 0.2) is 0 Å². The van der Waals surface area contributed by atoms with Crippen LogP contribution in [0.4, 0.5) is 0 Å². The normalized spacial score (nSPS) is 17.7. The molecule has 7 nitrogen and oxygen atoms in total. The number of hydrogen-bond donors (Lipinski definition) is 2. The summed E-state index contributed by atoms with van der Waals surface area (Å²) in [6.07, 6.45) is 4.83. The van der Waals surface area contributed by atoms with Crippen molar-refractivity contribution in [3.63, 3.8) is 0 Å². The second-order valence-corrected chi connectivity index (χ2v) is 9.35. The molecule has 0 saturated carbocycles. The predicted octanol–water partition coefficient (Wildman–Crippen LogP) is 4.01. The Bertz CT molecular complexity index is 752. The summed E-state index contributed by atoms with van der Waals surface area (Å²) in [7, 11) is 0. The van der Waals surface area contributed by atoms with Gasteiger partial charge in [0.2, 0.25) is 11.8 Å². The van der Waals surface area contributed by atoms with Crippen molar-refractivity contribution in [2.24, 2.45) is 11.8 Å². The fraction of sp³-hybridized carbons (Fsp3) is 0.654. The summed E-state index contributed by atoms with van der Waals surface area (Å²) >= 11 is 0. The van der Waals surface area contributed by atoms with Crippen LogP contribution in [0.25, 0.3) is 0 Å². The van der Waals surface area contributed by atoms with Crippen molar-refractivity contribution in [3.05, 3.63) is 35.9 Å². The second kappa shape index (κ2) is 14.0. The zero-order valence-electron chi connectivity index (χ0n) is 20.3. The van der Waals surface area contributed by atoms with Gasteiger partial charge in [0.1, 0.15) is 6.04 Å². The van der Waals surface area contributed by atoms with E-state index in [0.29, 0.717) is 26.2 Å². The maximum Gasteiger partial charge on any atom is 0.304 e. The Morgan fingerprint density at radius 1 is 1.18 bits per heavy atom. The van der Waals surface area contributed by atoms with Gasteiger partial charge in [-0.15, -0.1) is 0 Å². The Morgan fingerprint density at radius 2 is 1.91 bits per heavy atom. The fourth-order valence-electron chi connectivity index (χ4n) is 4.33. The number of carbonyl (C=O) groups is 3. The van der Waals surface area contributed by atoms with E-state index in [9.17, 15) is 19.5 Å². The molecule has 0 spiro atoms. The number of carboxylic acids is 1. The molecule has 1 aromatic rings. The number of hydrogen-bond acceptors (Lipinski definition) is 4. The fourth-order valence-corrected chi connectivity index (χ4v) is 4.33. The molecule has 3 atom stereocenters. The van der Waals surface area contributed by atoms with Gasteiger partial charge in [-0.3, -0.25) is 14.4 Å². The zero-order valence-corrected chi connectivity index (χ0v) is 20.3. The maximum absolute atomic E-state index is 13.4. The smallest absolute Gasteiger partial charge is 0.304 e. The summed E-state index contributed by atoms with van der Waals surface area (Å²) in [4.78, 5) is 39.5. The van der Waals surface area contributed by atoms with Gasteiger partial charge in [0.25, 0.3) is 0 Å². The van der Waals surface area contributed by atoms with E-state index in [4.69, 9.17) is 4.74 Å². The molecule has 1 saturated heterocycles. The first-order valence-corrected chi connectivity index (χ1v) is 12.3. The second-order valence-electron chi connectivity index (χ2n) is 9.35. The van der Waals surface area contributed by atoms with Crippen LogP contribution in [-0.2, 0) is 25.7 Å². The largest absolute Gasteiger partial charge is 0.481 e. The number of likely N-dealkylation sites (tertiary alicyclic amines) is 1. The van der Waals surface area contributed by atoms with Crippen LogP contribution in [0.1, 0.15) is 71.3 Å². The first kappa shape index (κ1) is 26.8. The molecule has 1 heterocycles.